The number of benzene rings is 2. The van der Waals surface area contributed by atoms with Crippen LogP contribution in [-0.2, 0) is 14.8 Å². The molecule has 148 valence electrons. The Bertz CT molecular complexity index is 1040. The van der Waals surface area contributed by atoms with Crippen LogP contribution in [0, 0.1) is 13.7 Å². The summed E-state index contributed by atoms with van der Waals surface area (Å²) < 4.78 is 26.0. The van der Waals surface area contributed by atoms with E-state index < -0.39 is 27.4 Å². The average molecular weight is 516 g/mol. The summed E-state index contributed by atoms with van der Waals surface area (Å²) in [5, 5.41) is 14.9. The lowest BCUT2D eigenvalue weighted by Gasteiger charge is -2.21. The number of amides is 1. The molecule has 2 rings (SSSR count). The topological polar surface area (TPSA) is 122 Å². The summed E-state index contributed by atoms with van der Waals surface area (Å²) in [5.41, 5.74) is 3.42. The van der Waals surface area contributed by atoms with Crippen LogP contribution < -0.4 is 9.73 Å². The van der Waals surface area contributed by atoms with Crippen LogP contribution in [0.5, 0.6) is 0 Å². The lowest BCUT2D eigenvalue weighted by atomic mass is 10.1. The molecule has 0 unspecified atom stereocenters. The van der Waals surface area contributed by atoms with Crippen molar-refractivity contribution in [2.24, 2.45) is 5.10 Å². The monoisotopic (exact) mass is 516 g/mol. The molecular weight excluding hydrogens is 499 g/mol. The van der Waals surface area contributed by atoms with Crippen LogP contribution in [0.3, 0.4) is 0 Å². The third-order valence-electron chi connectivity index (χ3n) is 3.61. The van der Waals surface area contributed by atoms with Crippen LogP contribution in [0.1, 0.15) is 12.5 Å². The zero-order chi connectivity index (χ0) is 20.9. The number of nitro groups is 1. The van der Waals surface area contributed by atoms with Gasteiger partial charge in [-0.15, -0.1) is 0 Å². The van der Waals surface area contributed by atoms with Crippen molar-refractivity contribution in [3.8, 4) is 0 Å². The molecular formula is C17H17IN4O5S. The predicted octanol–water partition coefficient (Wildman–Crippen LogP) is 2.51. The maximum Gasteiger partial charge on any atom is 0.271 e. The molecule has 2 aromatic carbocycles. The summed E-state index contributed by atoms with van der Waals surface area (Å²) in [4.78, 5) is 22.5. The zero-order valence-corrected chi connectivity index (χ0v) is 18.0. The Morgan fingerprint density at radius 2 is 1.93 bits per heavy atom. The van der Waals surface area contributed by atoms with Crippen LogP contribution in [0.25, 0.3) is 0 Å². The summed E-state index contributed by atoms with van der Waals surface area (Å²) in [7, 11) is -3.85. The lowest BCUT2D eigenvalue weighted by molar-refractivity contribution is -0.384. The Morgan fingerprint density at radius 1 is 1.25 bits per heavy atom. The molecule has 0 fully saturated rings. The molecule has 0 aliphatic rings. The third-order valence-corrected chi connectivity index (χ3v) is 5.42. The first-order valence-electron chi connectivity index (χ1n) is 7.89. The minimum atomic E-state index is -3.85. The van der Waals surface area contributed by atoms with Crippen molar-refractivity contribution in [3.63, 3.8) is 0 Å². The number of non-ortho nitro benzene ring substituents is 1. The molecule has 2 aromatic rings. The molecule has 1 N–H and O–H groups in total. The molecule has 28 heavy (non-hydrogen) atoms. The Morgan fingerprint density at radius 3 is 2.54 bits per heavy atom. The van der Waals surface area contributed by atoms with Gasteiger partial charge in [0.2, 0.25) is 10.0 Å². The van der Waals surface area contributed by atoms with Crippen LogP contribution in [0.15, 0.2) is 53.6 Å². The fourth-order valence-corrected chi connectivity index (χ4v) is 3.64. The van der Waals surface area contributed by atoms with Crippen LogP contribution in [-0.4, -0.2) is 37.8 Å². The van der Waals surface area contributed by atoms with E-state index >= 15 is 0 Å². The zero-order valence-electron chi connectivity index (χ0n) is 15.0. The fraction of sp³-hybridized carbons (Fsp3) is 0.176. The van der Waals surface area contributed by atoms with Gasteiger partial charge in [-0.05, 0) is 53.3 Å². The Kier molecular flexibility index (Phi) is 7.07. The summed E-state index contributed by atoms with van der Waals surface area (Å²) >= 11 is 2.16. The van der Waals surface area contributed by atoms with Gasteiger partial charge >= 0.3 is 0 Å². The first kappa shape index (κ1) is 21.8. The van der Waals surface area contributed by atoms with Gasteiger partial charge in [0, 0.05) is 15.7 Å². The van der Waals surface area contributed by atoms with Gasteiger partial charge in [0.05, 0.1) is 22.6 Å². The molecule has 0 spiro atoms. The second-order valence-corrected chi connectivity index (χ2v) is 8.94. The number of carbonyl (C=O) groups is 1. The van der Waals surface area contributed by atoms with Crippen molar-refractivity contribution < 1.29 is 18.1 Å². The van der Waals surface area contributed by atoms with Crippen molar-refractivity contribution >= 4 is 55.6 Å². The number of nitro benzene ring substituents is 1. The first-order chi connectivity index (χ1) is 13.1. The van der Waals surface area contributed by atoms with Gasteiger partial charge in [-0.25, -0.2) is 13.8 Å². The minimum absolute atomic E-state index is 0.0187. The highest BCUT2D eigenvalue weighted by atomic mass is 127. The fourth-order valence-electron chi connectivity index (χ4n) is 2.25. The standard InChI is InChI=1S/C17H17IN4O5S/c1-12(13-5-3-6-14(18)9-13)19-20-17(23)11-21(28(2,26)27)15-7-4-8-16(10-15)22(24)25/h3-10H,11H2,1-2H3,(H,20,23)/b19-12-. The quantitative estimate of drug-likeness (QED) is 0.262. The molecule has 1 amide bonds. The van der Waals surface area contributed by atoms with E-state index in [0.717, 1.165) is 25.8 Å². The molecule has 0 saturated heterocycles. The Labute approximate surface area is 175 Å². The number of hydrazone groups is 1. The third kappa shape index (κ3) is 5.99. The average Bonchev–Trinajstić information content (AvgIpc) is 2.63. The smallest absolute Gasteiger partial charge is 0.271 e. The number of nitrogens with zero attached hydrogens (tertiary/aromatic N) is 3. The normalized spacial score (nSPS) is 11.8. The maximum atomic E-state index is 12.2. The largest absolute Gasteiger partial charge is 0.271 e. The van der Waals surface area contributed by atoms with E-state index in [1.807, 2.05) is 24.3 Å². The second kappa shape index (κ2) is 9.10. The molecule has 11 heteroatoms. The van der Waals surface area contributed by atoms with Crippen LogP contribution in [0.4, 0.5) is 11.4 Å². The molecule has 0 aromatic heterocycles. The van der Waals surface area contributed by atoms with E-state index in [0.29, 0.717) is 5.71 Å². The van der Waals surface area contributed by atoms with Gasteiger partial charge in [0.1, 0.15) is 6.54 Å². The minimum Gasteiger partial charge on any atom is -0.271 e. The number of hydrogen-bond donors (Lipinski definition) is 1. The number of hydrogen-bond acceptors (Lipinski definition) is 6. The van der Waals surface area contributed by atoms with Gasteiger partial charge in [-0.2, -0.15) is 5.10 Å². The SMILES string of the molecule is C/C(=N/NC(=O)CN(c1cccc([N+](=O)[O-])c1)S(C)(=O)=O)c1cccc(I)c1. The summed E-state index contributed by atoms with van der Waals surface area (Å²) in [6.45, 7) is 1.14. The highest BCUT2D eigenvalue weighted by Crippen LogP contribution is 2.22. The van der Waals surface area contributed by atoms with E-state index in [-0.39, 0.29) is 11.4 Å². The molecule has 0 aliphatic heterocycles. The second-order valence-electron chi connectivity index (χ2n) is 5.79. The summed E-state index contributed by atoms with van der Waals surface area (Å²) in [6.07, 6.45) is 0.916. The van der Waals surface area contributed by atoms with Crippen molar-refractivity contribution in [3.05, 3.63) is 67.8 Å². The Balaban J connectivity index is 2.19. The number of sulfonamides is 1. The first-order valence-corrected chi connectivity index (χ1v) is 10.8. The number of nitrogens with one attached hydrogen (secondary N) is 1. The highest BCUT2D eigenvalue weighted by Gasteiger charge is 2.22. The maximum absolute atomic E-state index is 12.2. The van der Waals surface area contributed by atoms with Crippen molar-refractivity contribution in [1.29, 1.82) is 0 Å². The van der Waals surface area contributed by atoms with E-state index in [2.05, 4.69) is 33.1 Å². The van der Waals surface area contributed by atoms with Crippen LogP contribution in [0.2, 0.25) is 0 Å². The predicted molar refractivity (Wildman–Crippen MR) is 115 cm³/mol. The van der Waals surface area contributed by atoms with Gasteiger partial charge in [0.15, 0.2) is 0 Å². The van der Waals surface area contributed by atoms with Gasteiger partial charge in [-0.1, -0.05) is 18.2 Å². The Hall–Kier alpha value is -2.54. The van der Waals surface area contributed by atoms with Gasteiger partial charge in [0.25, 0.3) is 11.6 Å². The lowest BCUT2D eigenvalue weighted by Crippen LogP contribution is -2.39. The molecule has 0 saturated carbocycles. The van der Waals surface area contributed by atoms with Crippen LogP contribution >= 0.6 is 22.6 Å². The summed E-state index contributed by atoms with van der Waals surface area (Å²) in [5.74, 6) is -0.679. The molecule has 0 heterocycles. The van der Waals surface area contributed by atoms with Crippen molar-refractivity contribution in [1.82, 2.24) is 5.43 Å². The summed E-state index contributed by atoms with van der Waals surface area (Å²) in [6, 6.07) is 12.5. The van der Waals surface area contributed by atoms with E-state index in [1.165, 1.54) is 18.2 Å². The van der Waals surface area contributed by atoms with E-state index in [1.54, 1.807) is 6.92 Å². The van der Waals surface area contributed by atoms with Crippen molar-refractivity contribution in [2.45, 2.75) is 6.92 Å². The molecule has 0 radical (unpaired) electrons. The number of carbonyl (C=O) groups excluding carboxylic acids is 1. The number of rotatable bonds is 7. The molecule has 0 atom stereocenters. The molecule has 9 nitrogen and oxygen atoms in total. The number of anilines is 1. The number of halogens is 1. The van der Waals surface area contributed by atoms with E-state index in [9.17, 15) is 23.3 Å². The highest BCUT2D eigenvalue weighted by molar-refractivity contribution is 14.1. The van der Waals surface area contributed by atoms with Gasteiger partial charge < -0.3 is 0 Å². The molecule has 0 aliphatic carbocycles. The van der Waals surface area contributed by atoms with E-state index in [4.69, 9.17) is 0 Å². The molecule has 0 bridgehead atoms. The van der Waals surface area contributed by atoms with Gasteiger partial charge in [-0.3, -0.25) is 19.2 Å². The van der Waals surface area contributed by atoms with Crippen molar-refractivity contribution in [2.75, 3.05) is 17.1 Å².